The molecule has 0 spiro atoms. The summed E-state index contributed by atoms with van der Waals surface area (Å²) in [6.45, 7) is 5.68. The maximum atomic E-state index is 5.81. The number of aryl methyl sites for hydroxylation is 1. The largest absolute Gasteiger partial charge is 0.493 e. The van der Waals surface area contributed by atoms with E-state index in [-0.39, 0.29) is 12.5 Å². The summed E-state index contributed by atoms with van der Waals surface area (Å²) in [4.78, 5) is 1.55. The molecule has 2 aromatic rings. The van der Waals surface area contributed by atoms with Crippen LogP contribution in [0.5, 0.6) is 0 Å². The van der Waals surface area contributed by atoms with Gasteiger partial charge >= 0.3 is 7.12 Å². The number of benzene rings is 1. The molecule has 5 nitrogen and oxygen atoms in total. The van der Waals surface area contributed by atoms with E-state index in [1.54, 1.807) is 11.0 Å². The lowest BCUT2D eigenvalue weighted by atomic mass is 9.75. The molecule has 1 aliphatic rings. The number of hydrogen-bond donors (Lipinski definition) is 0. The molecule has 6 heteroatoms. The Kier molecular flexibility index (Phi) is 3.35. The van der Waals surface area contributed by atoms with Crippen molar-refractivity contribution in [1.29, 1.82) is 0 Å². The number of aromatic nitrogens is 3. The van der Waals surface area contributed by atoms with Crippen molar-refractivity contribution in [3.8, 4) is 11.3 Å². The number of hydrogen-bond acceptors (Lipinski definition) is 4. The molecule has 0 amide bonds. The summed E-state index contributed by atoms with van der Waals surface area (Å²) in [6.07, 6.45) is 1.75. The van der Waals surface area contributed by atoms with Gasteiger partial charge in [0.2, 0.25) is 0 Å². The van der Waals surface area contributed by atoms with Gasteiger partial charge in [-0.05, 0) is 5.46 Å². The van der Waals surface area contributed by atoms with Gasteiger partial charge in [-0.2, -0.15) is 15.0 Å². The van der Waals surface area contributed by atoms with Crippen LogP contribution in [0.25, 0.3) is 11.3 Å². The summed E-state index contributed by atoms with van der Waals surface area (Å²) in [7, 11) is 1.52. The predicted molar refractivity (Wildman–Crippen MR) is 77.5 cm³/mol. The molecule has 0 aliphatic carbocycles. The Morgan fingerprint density at radius 2 is 2.00 bits per heavy atom. The molecule has 0 N–H and O–H groups in total. The highest BCUT2D eigenvalue weighted by atomic mass is 16.6. The Hall–Kier alpha value is -1.66. The van der Waals surface area contributed by atoms with Crippen LogP contribution in [0.15, 0.2) is 30.5 Å². The summed E-state index contributed by atoms with van der Waals surface area (Å²) in [5, 5.41) is 8.41. The van der Waals surface area contributed by atoms with Gasteiger partial charge in [0, 0.05) is 31.2 Å². The van der Waals surface area contributed by atoms with Crippen molar-refractivity contribution in [2.45, 2.75) is 13.8 Å². The van der Waals surface area contributed by atoms with Crippen molar-refractivity contribution in [2.75, 3.05) is 13.2 Å². The molecule has 0 atom stereocenters. The summed E-state index contributed by atoms with van der Waals surface area (Å²) < 4.78 is 11.6. The number of rotatable bonds is 2. The van der Waals surface area contributed by atoms with Crippen LogP contribution >= 0.6 is 0 Å². The van der Waals surface area contributed by atoms with Crippen molar-refractivity contribution in [3.63, 3.8) is 0 Å². The second-order valence-electron chi connectivity index (χ2n) is 5.96. The zero-order valence-corrected chi connectivity index (χ0v) is 12.0. The molecule has 1 aliphatic heterocycles. The molecule has 1 fully saturated rings. The first-order valence-electron chi connectivity index (χ1n) is 6.73. The molecule has 104 valence electrons. The van der Waals surface area contributed by atoms with E-state index in [1.807, 2.05) is 31.3 Å². The van der Waals surface area contributed by atoms with Crippen molar-refractivity contribution in [3.05, 3.63) is 30.5 Å². The molecule has 2 heterocycles. The Bertz CT molecular complexity index is 602. The zero-order valence-electron chi connectivity index (χ0n) is 12.0. The van der Waals surface area contributed by atoms with Crippen molar-refractivity contribution >= 4 is 12.6 Å². The molecule has 1 aromatic heterocycles. The molecule has 0 radical (unpaired) electrons. The minimum atomic E-state index is -0.292. The minimum absolute atomic E-state index is 0.0824. The van der Waals surface area contributed by atoms with Gasteiger partial charge in [-0.15, -0.1) is 0 Å². The first-order valence-corrected chi connectivity index (χ1v) is 6.73. The lowest BCUT2D eigenvalue weighted by Gasteiger charge is -2.33. The summed E-state index contributed by atoms with van der Waals surface area (Å²) in [5.74, 6) is 0. The molecule has 0 saturated carbocycles. The molecule has 0 bridgehead atoms. The zero-order chi connectivity index (χ0) is 14.2. The minimum Gasteiger partial charge on any atom is -0.407 e. The normalized spacial score (nSPS) is 18.2. The lowest BCUT2D eigenvalue weighted by Crippen LogP contribution is -2.47. The van der Waals surface area contributed by atoms with Gasteiger partial charge in [0.15, 0.2) is 0 Å². The molecule has 1 aromatic carbocycles. The standard InChI is InChI=1S/C14H18BN3O2/c1-14(2)9-19-15(20-10-14)12-6-4-5-11(7-12)13-8-16-18(3)17-13/h4-8H,9-10H2,1-3H3. The van der Waals surface area contributed by atoms with E-state index in [9.17, 15) is 0 Å². The molecule has 3 rings (SSSR count). The van der Waals surface area contributed by atoms with Crippen LogP contribution in [0.4, 0.5) is 0 Å². The van der Waals surface area contributed by atoms with Gasteiger partial charge in [-0.25, -0.2) is 0 Å². The van der Waals surface area contributed by atoms with Gasteiger partial charge in [0.1, 0.15) is 5.69 Å². The molecule has 0 unspecified atom stereocenters. The van der Waals surface area contributed by atoms with E-state index < -0.39 is 0 Å². The van der Waals surface area contributed by atoms with E-state index in [2.05, 4.69) is 24.0 Å². The van der Waals surface area contributed by atoms with E-state index in [0.29, 0.717) is 13.2 Å². The lowest BCUT2D eigenvalue weighted by molar-refractivity contribution is 0.0343. The first kappa shape index (κ1) is 13.3. The first-order chi connectivity index (χ1) is 9.53. The van der Waals surface area contributed by atoms with Gasteiger partial charge in [-0.3, -0.25) is 0 Å². The summed E-state index contributed by atoms with van der Waals surface area (Å²) in [6, 6.07) is 8.07. The SMILES string of the molecule is Cn1ncc(-c2cccc(B3OCC(C)(C)CO3)c2)n1. The predicted octanol–water partition coefficient (Wildman–Crippen LogP) is 1.25. The highest BCUT2D eigenvalue weighted by Crippen LogP contribution is 2.22. The molecule has 20 heavy (non-hydrogen) atoms. The quantitative estimate of drug-likeness (QED) is 0.771. The van der Waals surface area contributed by atoms with Gasteiger partial charge in [-0.1, -0.05) is 38.1 Å². The van der Waals surface area contributed by atoms with Gasteiger partial charge < -0.3 is 9.31 Å². The fraction of sp³-hybridized carbons (Fsp3) is 0.429. The fourth-order valence-electron chi connectivity index (χ4n) is 2.21. The van der Waals surface area contributed by atoms with Crippen LogP contribution in [0, 0.1) is 5.41 Å². The smallest absolute Gasteiger partial charge is 0.407 e. The third kappa shape index (κ3) is 2.76. The number of nitrogens with zero attached hydrogens (tertiary/aromatic N) is 3. The fourth-order valence-corrected chi connectivity index (χ4v) is 2.21. The monoisotopic (exact) mass is 271 g/mol. The third-order valence-electron chi connectivity index (χ3n) is 3.31. The second-order valence-corrected chi connectivity index (χ2v) is 5.96. The van der Waals surface area contributed by atoms with E-state index >= 15 is 0 Å². The van der Waals surface area contributed by atoms with Gasteiger partial charge in [0.25, 0.3) is 0 Å². The van der Waals surface area contributed by atoms with E-state index in [0.717, 1.165) is 16.7 Å². The molecular formula is C14H18BN3O2. The molecular weight excluding hydrogens is 253 g/mol. The van der Waals surface area contributed by atoms with Crippen molar-refractivity contribution in [1.82, 2.24) is 15.0 Å². The highest BCUT2D eigenvalue weighted by molar-refractivity contribution is 6.61. The summed E-state index contributed by atoms with van der Waals surface area (Å²) >= 11 is 0. The van der Waals surface area contributed by atoms with Gasteiger partial charge in [0.05, 0.1) is 6.20 Å². The Labute approximate surface area is 119 Å². The topological polar surface area (TPSA) is 49.2 Å². The van der Waals surface area contributed by atoms with Crippen LogP contribution in [-0.2, 0) is 16.4 Å². The average molecular weight is 271 g/mol. The molecule has 1 saturated heterocycles. The average Bonchev–Trinajstić information content (AvgIpc) is 2.86. The Balaban J connectivity index is 1.81. The van der Waals surface area contributed by atoms with Crippen LogP contribution in [-0.4, -0.2) is 35.3 Å². The van der Waals surface area contributed by atoms with Crippen molar-refractivity contribution in [2.24, 2.45) is 12.5 Å². The van der Waals surface area contributed by atoms with E-state index in [4.69, 9.17) is 9.31 Å². The Morgan fingerprint density at radius 3 is 2.65 bits per heavy atom. The second kappa shape index (κ2) is 5.03. The van der Waals surface area contributed by atoms with Crippen LogP contribution < -0.4 is 5.46 Å². The van der Waals surface area contributed by atoms with Crippen molar-refractivity contribution < 1.29 is 9.31 Å². The Morgan fingerprint density at radius 1 is 1.25 bits per heavy atom. The third-order valence-corrected chi connectivity index (χ3v) is 3.31. The highest BCUT2D eigenvalue weighted by Gasteiger charge is 2.33. The maximum absolute atomic E-state index is 5.81. The maximum Gasteiger partial charge on any atom is 0.493 e. The summed E-state index contributed by atoms with van der Waals surface area (Å²) in [5.41, 5.74) is 2.97. The van der Waals surface area contributed by atoms with Crippen LogP contribution in [0.1, 0.15) is 13.8 Å². The van der Waals surface area contributed by atoms with E-state index in [1.165, 1.54) is 0 Å². The van der Waals surface area contributed by atoms with Crippen LogP contribution in [0.2, 0.25) is 0 Å². The van der Waals surface area contributed by atoms with Crippen LogP contribution in [0.3, 0.4) is 0 Å².